The first-order valence-corrected chi connectivity index (χ1v) is 10.7. The Kier molecular flexibility index (Phi) is 6.10. The fourth-order valence-corrected chi connectivity index (χ4v) is 5.27. The van der Waals surface area contributed by atoms with E-state index in [1.807, 2.05) is 13.8 Å². The minimum absolute atomic E-state index is 0.0711. The maximum absolute atomic E-state index is 14.2. The summed E-state index contributed by atoms with van der Waals surface area (Å²) in [5, 5.41) is 2.58. The normalized spacial score (nSPS) is 20.7. The van der Waals surface area contributed by atoms with E-state index in [1.165, 1.54) is 10.4 Å². The largest absolute Gasteiger partial charge is 0.346 e. The van der Waals surface area contributed by atoms with Crippen molar-refractivity contribution in [3.05, 3.63) is 59.7 Å². The number of carbonyl (C=O) groups is 1. The molecule has 2 aromatic rings. The van der Waals surface area contributed by atoms with Gasteiger partial charge in [-0.3, -0.25) is 9.78 Å². The molecule has 150 valence electrons. The fourth-order valence-electron chi connectivity index (χ4n) is 3.56. The summed E-state index contributed by atoms with van der Waals surface area (Å²) >= 11 is 0. The number of hydrogen-bond acceptors (Lipinski definition) is 4. The van der Waals surface area contributed by atoms with Crippen LogP contribution in [0, 0.1) is 17.7 Å². The molecule has 1 saturated heterocycles. The number of carbonyl (C=O) groups excluding carboxylic acids is 1. The van der Waals surface area contributed by atoms with Crippen molar-refractivity contribution in [3.8, 4) is 0 Å². The van der Waals surface area contributed by atoms with Crippen molar-refractivity contribution in [3.63, 3.8) is 0 Å². The molecule has 0 saturated carbocycles. The standard InChI is InChI=1S/C20H24FN3O3S/c1-14-9-15(2)13-24(12-14)28(26,27)17-6-7-19(21)18(10-17)20(25)23-11-16-5-3-4-8-22-16/h3-8,10,14-15H,9,11-13H2,1-2H3,(H,23,25)/t14-,15+. The van der Waals surface area contributed by atoms with Gasteiger partial charge in [0.15, 0.2) is 0 Å². The quantitative estimate of drug-likeness (QED) is 0.830. The summed E-state index contributed by atoms with van der Waals surface area (Å²) in [7, 11) is -3.79. The zero-order valence-corrected chi connectivity index (χ0v) is 16.7. The van der Waals surface area contributed by atoms with Gasteiger partial charge in [-0.05, 0) is 48.6 Å². The predicted octanol–water partition coefficient (Wildman–Crippen LogP) is 2.82. The number of benzene rings is 1. The number of halogens is 1. The Morgan fingerprint density at radius 1 is 1.21 bits per heavy atom. The molecule has 0 unspecified atom stereocenters. The van der Waals surface area contributed by atoms with Crippen molar-refractivity contribution in [1.82, 2.24) is 14.6 Å². The number of pyridine rings is 1. The van der Waals surface area contributed by atoms with Gasteiger partial charge in [0.25, 0.3) is 5.91 Å². The van der Waals surface area contributed by atoms with E-state index in [1.54, 1.807) is 24.4 Å². The van der Waals surface area contributed by atoms with E-state index in [9.17, 15) is 17.6 Å². The molecule has 1 N–H and O–H groups in total. The van der Waals surface area contributed by atoms with Crippen molar-refractivity contribution in [2.75, 3.05) is 13.1 Å². The second-order valence-electron chi connectivity index (χ2n) is 7.41. The van der Waals surface area contributed by atoms with E-state index in [0.29, 0.717) is 18.8 Å². The van der Waals surface area contributed by atoms with Crippen LogP contribution in [-0.4, -0.2) is 36.7 Å². The third-order valence-corrected chi connectivity index (χ3v) is 6.64. The van der Waals surface area contributed by atoms with Crippen LogP contribution in [0.2, 0.25) is 0 Å². The van der Waals surface area contributed by atoms with Gasteiger partial charge in [0, 0.05) is 19.3 Å². The Balaban J connectivity index is 1.81. The molecule has 1 amide bonds. The Labute approximate surface area is 164 Å². The highest BCUT2D eigenvalue weighted by Crippen LogP contribution is 2.27. The molecule has 2 atom stereocenters. The third-order valence-electron chi connectivity index (χ3n) is 4.81. The molecule has 28 heavy (non-hydrogen) atoms. The zero-order chi connectivity index (χ0) is 20.3. The van der Waals surface area contributed by atoms with Crippen LogP contribution < -0.4 is 5.32 Å². The molecule has 3 rings (SSSR count). The lowest BCUT2D eigenvalue weighted by molar-refractivity contribution is 0.0946. The van der Waals surface area contributed by atoms with Gasteiger partial charge >= 0.3 is 0 Å². The number of sulfonamides is 1. The number of nitrogens with one attached hydrogen (secondary N) is 1. The van der Waals surface area contributed by atoms with Crippen LogP contribution in [0.5, 0.6) is 0 Å². The molecule has 1 fully saturated rings. The predicted molar refractivity (Wildman–Crippen MR) is 104 cm³/mol. The monoisotopic (exact) mass is 405 g/mol. The lowest BCUT2D eigenvalue weighted by Crippen LogP contribution is -2.42. The number of amides is 1. The maximum Gasteiger partial charge on any atom is 0.254 e. The topological polar surface area (TPSA) is 79.4 Å². The van der Waals surface area contributed by atoms with Crippen molar-refractivity contribution >= 4 is 15.9 Å². The van der Waals surface area contributed by atoms with E-state index in [-0.39, 0.29) is 28.8 Å². The van der Waals surface area contributed by atoms with Crippen LogP contribution in [0.25, 0.3) is 0 Å². The summed E-state index contributed by atoms with van der Waals surface area (Å²) in [4.78, 5) is 16.4. The summed E-state index contributed by atoms with van der Waals surface area (Å²) in [6.07, 6.45) is 2.56. The molecule has 1 aliphatic heterocycles. The van der Waals surface area contributed by atoms with Crippen LogP contribution in [0.4, 0.5) is 4.39 Å². The SMILES string of the molecule is C[C@@H]1C[C@H](C)CN(S(=O)(=O)c2ccc(F)c(C(=O)NCc3ccccn3)c2)C1. The van der Waals surface area contributed by atoms with Crippen LogP contribution >= 0.6 is 0 Å². The Bertz CT molecular complexity index is 940. The molecule has 0 spiro atoms. The zero-order valence-electron chi connectivity index (χ0n) is 15.9. The summed E-state index contributed by atoms with van der Waals surface area (Å²) < 4.78 is 41.7. The minimum Gasteiger partial charge on any atom is -0.346 e. The average molecular weight is 405 g/mol. The molecule has 0 aliphatic carbocycles. The van der Waals surface area contributed by atoms with Crippen molar-refractivity contribution in [2.24, 2.45) is 11.8 Å². The van der Waals surface area contributed by atoms with E-state index in [0.717, 1.165) is 18.6 Å². The average Bonchev–Trinajstić information content (AvgIpc) is 2.66. The van der Waals surface area contributed by atoms with Crippen LogP contribution in [0.15, 0.2) is 47.5 Å². The van der Waals surface area contributed by atoms with E-state index >= 15 is 0 Å². The summed E-state index contributed by atoms with van der Waals surface area (Å²) in [6, 6.07) is 8.62. The number of piperidine rings is 1. The Morgan fingerprint density at radius 2 is 1.93 bits per heavy atom. The van der Waals surface area contributed by atoms with Crippen LogP contribution in [-0.2, 0) is 16.6 Å². The molecule has 8 heteroatoms. The van der Waals surface area contributed by atoms with Gasteiger partial charge in [-0.25, -0.2) is 12.8 Å². The summed E-state index contributed by atoms with van der Waals surface area (Å²) in [5.74, 6) is -0.946. The van der Waals surface area contributed by atoms with Gasteiger partial charge in [-0.15, -0.1) is 0 Å². The van der Waals surface area contributed by atoms with Gasteiger partial charge in [0.2, 0.25) is 10.0 Å². The summed E-state index contributed by atoms with van der Waals surface area (Å²) in [6.45, 7) is 4.99. The first-order valence-electron chi connectivity index (χ1n) is 9.25. The second-order valence-corrected chi connectivity index (χ2v) is 9.35. The molecule has 1 aromatic carbocycles. The highest BCUT2D eigenvalue weighted by Gasteiger charge is 2.32. The first-order chi connectivity index (χ1) is 13.3. The summed E-state index contributed by atoms with van der Waals surface area (Å²) in [5.41, 5.74) is 0.325. The Hall–Kier alpha value is -2.32. The fraction of sp³-hybridized carbons (Fsp3) is 0.400. The Morgan fingerprint density at radius 3 is 2.57 bits per heavy atom. The lowest BCUT2D eigenvalue weighted by atomic mass is 9.94. The van der Waals surface area contributed by atoms with Crippen molar-refractivity contribution < 1.29 is 17.6 Å². The smallest absolute Gasteiger partial charge is 0.254 e. The van der Waals surface area contributed by atoms with Gasteiger partial charge in [-0.1, -0.05) is 19.9 Å². The van der Waals surface area contributed by atoms with Gasteiger partial charge in [0.05, 0.1) is 22.7 Å². The molecular formula is C20H24FN3O3S. The highest BCUT2D eigenvalue weighted by atomic mass is 32.2. The van der Waals surface area contributed by atoms with Crippen LogP contribution in [0.3, 0.4) is 0 Å². The van der Waals surface area contributed by atoms with E-state index in [2.05, 4.69) is 10.3 Å². The molecule has 0 radical (unpaired) electrons. The number of nitrogens with zero attached hydrogens (tertiary/aromatic N) is 2. The van der Waals surface area contributed by atoms with Crippen LogP contribution in [0.1, 0.15) is 36.3 Å². The van der Waals surface area contributed by atoms with Crippen molar-refractivity contribution in [1.29, 1.82) is 0 Å². The minimum atomic E-state index is -3.79. The van der Waals surface area contributed by atoms with Gasteiger partial charge < -0.3 is 5.32 Å². The number of aromatic nitrogens is 1. The molecule has 2 heterocycles. The highest BCUT2D eigenvalue weighted by molar-refractivity contribution is 7.89. The van der Waals surface area contributed by atoms with Gasteiger partial charge in [-0.2, -0.15) is 4.31 Å². The second kappa shape index (κ2) is 8.36. The maximum atomic E-state index is 14.2. The molecule has 1 aliphatic rings. The van der Waals surface area contributed by atoms with Gasteiger partial charge in [0.1, 0.15) is 5.82 Å². The molecular weight excluding hydrogens is 381 g/mol. The molecule has 6 nitrogen and oxygen atoms in total. The number of rotatable bonds is 5. The first kappa shape index (κ1) is 20.4. The lowest BCUT2D eigenvalue weighted by Gasteiger charge is -2.34. The van der Waals surface area contributed by atoms with E-state index < -0.39 is 21.7 Å². The number of hydrogen-bond donors (Lipinski definition) is 1. The molecule has 0 bridgehead atoms. The van der Waals surface area contributed by atoms with Crippen molar-refractivity contribution in [2.45, 2.75) is 31.7 Å². The third kappa shape index (κ3) is 4.56. The molecule has 1 aromatic heterocycles. The van der Waals surface area contributed by atoms with E-state index in [4.69, 9.17) is 0 Å².